The van der Waals surface area contributed by atoms with E-state index in [0.29, 0.717) is 4.90 Å². The predicted octanol–water partition coefficient (Wildman–Crippen LogP) is 3.68. The number of benzene rings is 1. The number of alkyl carbamates (subject to hydrolysis) is 1. The standard InChI is InChI=1S/C16H19F2N3O2S/c1-10(2)14-15(24-13-6-11(17)5-12(18)7-13)21(4,8-20-14)9-23-16(22)19-3/h5-8,10H,9H2,1-4H3/p+1. The minimum Gasteiger partial charge on any atom is -0.398 e. The first-order chi connectivity index (χ1) is 11.2. The summed E-state index contributed by atoms with van der Waals surface area (Å²) in [4.78, 5) is 16.2. The smallest absolute Gasteiger partial charge is 0.398 e. The van der Waals surface area contributed by atoms with Gasteiger partial charge in [-0.2, -0.15) is 0 Å². The van der Waals surface area contributed by atoms with Crippen molar-refractivity contribution in [1.29, 1.82) is 0 Å². The molecule has 0 fully saturated rings. The number of ether oxygens (including phenoxy) is 1. The highest BCUT2D eigenvalue weighted by atomic mass is 32.2. The lowest BCUT2D eigenvalue weighted by molar-refractivity contribution is -0.784. The number of carbonyl (C=O) groups excluding carboxylic acids is 1. The second-order valence-corrected chi connectivity index (χ2v) is 6.94. The van der Waals surface area contributed by atoms with Crippen LogP contribution in [0.4, 0.5) is 13.6 Å². The van der Waals surface area contributed by atoms with Crippen LogP contribution in [0.15, 0.2) is 38.8 Å². The van der Waals surface area contributed by atoms with Gasteiger partial charge in [0.05, 0.1) is 7.05 Å². The summed E-state index contributed by atoms with van der Waals surface area (Å²) < 4.78 is 32.2. The van der Waals surface area contributed by atoms with Crippen molar-refractivity contribution in [2.24, 2.45) is 10.9 Å². The molecule has 1 aromatic rings. The summed E-state index contributed by atoms with van der Waals surface area (Å²) in [6.45, 7) is 3.99. The van der Waals surface area contributed by atoms with Crippen LogP contribution in [0.3, 0.4) is 0 Å². The molecule has 24 heavy (non-hydrogen) atoms. The van der Waals surface area contributed by atoms with Crippen LogP contribution >= 0.6 is 11.8 Å². The second kappa shape index (κ2) is 7.31. The Morgan fingerprint density at radius 2 is 1.96 bits per heavy atom. The van der Waals surface area contributed by atoms with Crippen molar-refractivity contribution in [2.45, 2.75) is 18.7 Å². The van der Waals surface area contributed by atoms with Crippen molar-refractivity contribution in [2.75, 3.05) is 20.8 Å². The van der Waals surface area contributed by atoms with Crippen LogP contribution in [0.2, 0.25) is 0 Å². The predicted molar refractivity (Wildman–Crippen MR) is 89.2 cm³/mol. The monoisotopic (exact) mass is 356 g/mol. The van der Waals surface area contributed by atoms with Crippen LogP contribution in [-0.4, -0.2) is 37.7 Å². The lowest BCUT2D eigenvalue weighted by Gasteiger charge is -2.27. The molecule has 1 atom stereocenters. The Hall–Kier alpha value is -1.93. The maximum absolute atomic E-state index is 13.5. The van der Waals surface area contributed by atoms with Gasteiger partial charge in [-0.25, -0.2) is 23.1 Å². The number of hydrogen-bond donors (Lipinski definition) is 1. The number of aliphatic imine (C=N–C) groups is 1. The van der Waals surface area contributed by atoms with Crippen molar-refractivity contribution in [3.63, 3.8) is 0 Å². The molecule has 1 aliphatic heterocycles. The summed E-state index contributed by atoms with van der Waals surface area (Å²) in [7, 11) is 3.29. The molecule has 1 N–H and O–H groups in total. The van der Waals surface area contributed by atoms with Gasteiger partial charge in [0.25, 0.3) is 0 Å². The number of nitrogens with zero attached hydrogens (tertiary/aromatic N) is 2. The molecule has 1 amide bonds. The molecular weight excluding hydrogens is 336 g/mol. The van der Waals surface area contributed by atoms with Crippen molar-refractivity contribution < 1.29 is 22.8 Å². The maximum atomic E-state index is 13.5. The Morgan fingerprint density at radius 3 is 2.50 bits per heavy atom. The highest BCUT2D eigenvalue weighted by molar-refractivity contribution is 8.02. The van der Waals surface area contributed by atoms with E-state index in [-0.39, 0.29) is 17.1 Å². The fourth-order valence-corrected chi connectivity index (χ4v) is 3.44. The summed E-state index contributed by atoms with van der Waals surface area (Å²) in [6.07, 6.45) is 1.11. The van der Waals surface area contributed by atoms with Gasteiger partial charge in [0.1, 0.15) is 17.3 Å². The Morgan fingerprint density at radius 1 is 1.33 bits per heavy atom. The Kier molecular flexibility index (Phi) is 5.61. The van der Waals surface area contributed by atoms with E-state index >= 15 is 0 Å². The lowest BCUT2D eigenvalue weighted by atomic mass is 10.1. The third-order valence-electron chi connectivity index (χ3n) is 3.40. The van der Waals surface area contributed by atoms with E-state index in [0.717, 1.165) is 16.8 Å². The molecule has 0 saturated carbocycles. The molecule has 2 rings (SSSR count). The summed E-state index contributed by atoms with van der Waals surface area (Å²) in [5.74, 6) is -1.17. The van der Waals surface area contributed by atoms with Gasteiger partial charge in [0.2, 0.25) is 11.8 Å². The first-order valence-electron chi connectivity index (χ1n) is 7.39. The Bertz CT molecular complexity index is 686. The minimum atomic E-state index is -0.640. The minimum absolute atomic E-state index is 0.0273. The van der Waals surface area contributed by atoms with E-state index in [2.05, 4.69) is 10.3 Å². The van der Waals surface area contributed by atoms with E-state index < -0.39 is 17.7 Å². The average molecular weight is 356 g/mol. The average Bonchev–Trinajstić information content (AvgIpc) is 2.81. The first-order valence-corrected chi connectivity index (χ1v) is 8.20. The van der Waals surface area contributed by atoms with Crippen molar-refractivity contribution in [3.05, 3.63) is 40.6 Å². The number of quaternary nitrogens is 1. The van der Waals surface area contributed by atoms with E-state index in [4.69, 9.17) is 4.74 Å². The van der Waals surface area contributed by atoms with Crippen LogP contribution in [0.25, 0.3) is 0 Å². The van der Waals surface area contributed by atoms with Gasteiger partial charge in [-0.1, -0.05) is 13.8 Å². The van der Waals surface area contributed by atoms with Crippen LogP contribution in [0.5, 0.6) is 0 Å². The number of thioether (sulfide) groups is 1. The van der Waals surface area contributed by atoms with Crippen LogP contribution in [-0.2, 0) is 4.74 Å². The third kappa shape index (κ3) is 4.12. The van der Waals surface area contributed by atoms with Crippen molar-refractivity contribution in [1.82, 2.24) is 5.32 Å². The van der Waals surface area contributed by atoms with Crippen molar-refractivity contribution in [3.8, 4) is 0 Å². The second-order valence-electron chi connectivity index (χ2n) is 5.88. The molecular formula is C16H20F2N3O2S+. The zero-order valence-corrected chi connectivity index (χ0v) is 14.8. The number of rotatable bonds is 5. The molecule has 0 aromatic heterocycles. The number of allylic oxidation sites excluding steroid dienone is 1. The van der Waals surface area contributed by atoms with E-state index in [1.54, 1.807) is 6.34 Å². The molecule has 0 bridgehead atoms. The fraction of sp³-hybridized carbons (Fsp3) is 0.375. The molecule has 5 nitrogen and oxygen atoms in total. The molecule has 0 aliphatic carbocycles. The molecule has 1 aliphatic rings. The lowest BCUT2D eigenvalue weighted by Crippen LogP contribution is -2.42. The number of halogens is 2. The number of nitrogens with one attached hydrogen (secondary N) is 1. The van der Waals surface area contributed by atoms with Gasteiger partial charge >= 0.3 is 6.09 Å². The van der Waals surface area contributed by atoms with Gasteiger partial charge in [-0.05, 0) is 23.9 Å². The number of carbonyl (C=O) groups is 1. The molecule has 130 valence electrons. The zero-order chi connectivity index (χ0) is 17.9. The van der Waals surface area contributed by atoms with Gasteiger partial charge in [-0.3, -0.25) is 0 Å². The van der Waals surface area contributed by atoms with E-state index in [1.807, 2.05) is 20.9 Å². The molecule has 0 spiro atoms. The molecule has 1 heterocycles. The van der Waals surface area contributed by atoms with E-state index in [9.17, 15) is 13.6 Å². The summed E-state index contributed by atoms with van der Waals surface area (Å²) >= 11 is 1.22. The molecule has 0 radical (unpaired) electrons. The first kappa shape index (κ1) is 18.4. The Balaban J connectivity index is 2.32. The summed E-state index contributed by atoms with van der Waals surface area (Å²) in [6, 6.07) is 3.36. The molecule has 1 aromatic carbocycles. The van der Waals surface area contributed by atoms with E-state index in [1.165, 1.54) is 30.9 Å². The van der Waals surface area contributed by atoms with Crippen LogP contribution in [0.1, 0.15) is 13.8 Å². The number of amides is 1. The normalized spacial score (nSPS) is 20.0. The highest BCUT2D eigenvalue weighted by Crippen LogP contribution is 2.40. The number of hydrogen-bond acceptors (Lipinski definition) is 4. The topological polar surface area (TPSA) is 50.7 Å². The summed E-state index contributed by atoms with van der Waals surface area (Å²) in [5.41, 5.74) is 0.799. The van der Waals surface area contributed by atoms with Crippen LogP contribution in [0, 0.1) is 17.6 Å². The van der Waals surface area contributed by atoms with Gasteiger partial charge < -0.3 is 10.1 Å². The van der Waals surface area contributed by atoms with Gasteiger partial charge in [0, 0.05) is 23.9 Å². The zero-order valence-electron chi connectivity index (χ0n) is 14.0. The van der Waals surface area contributed by atoms with Crippen molar-refractivity contribution >= 4 is 24.2 Å². The van der Waals surface area contributed by atoms with Crippen LogP contribution < -0.4 is 5.32 Å². The maximum Gasteiger partial charge on any atom is 0.411 e. The largest absolute Gasteiger partial charge is 0.411 e. The molecule has 1 unspecified atom stereocenters. The summed E-state index contributed by atoms with van der Waals surface area (Å²) in [5, 5.41) is 3.14. The van der Waals surface area contributed by atoms with Gasteiger partial charge in [-0.15, -0.1) is 0 Å². The quantitative estimate of drug-likeness (QED) is 0.819. The SMILES string of the molecule is CNC(=O)OC[N+]1(C)C=NC(C(C)C)=C1Sc1cc(F)cc(F)c1. The fourth-order valence-electron chi connectivity index (χ4n) is 2.17. The van der Waals surface area contributed by atoms with Gasteiger partial charge in [0.15, 0.2) is 6.34 Å². The molecule has 0 saturated heterocycles. The highest BCUT2D eigenvalue weighted by Gasteiger charge is 2.38. The third-order valence-corrected chi connectivity index (χ3v) is 4.69. The Labute approximate surface area is 144 Å². The molecule has 8 heteroatoms.